The molecule has 1 unspecified atom stereocenters. The summed E-state index contributed by atoms with van der Waals surface area (Å²) in [7, 11) is 0. The summed E-state index contributed by atoms with van der Waals surface area (Å²) >= 11 is 5.69. The zero-order chi connectivity index (χ0) is 9.14. The Kier molecular flexibility index (Phi) is 2.97. The summed E-state index contributed by atoms with van der Waals surface area (Å²) in [5.74, 6) is 0. The van der Waals surface area contributed by atoms with Crippen molar-refractivity contribution in [3.8, 4) is 0 Å². The summed E-state index contributed by atoms with van der Waals surface area (Å²) in [5.41, 5.74) is 0.511. The first-order chi connectivity index (χ1) is 5.61. The zero-order valence-electron chi connectivity index (χ0n) is 6.41. The molecule has 0 aliphatic heterocycles. The van der Waals surface area contributed by atoms with Gasteiger partial charge in [-0.15, -0.1) is 16.7 Å². The van der Waals surface area contributed by atoms with Crippen LogP contribution in [0.3, 0.4) is 0 Å². The molecule has 1 aromatic heterocycles. The van der Waals surface area contributed by atoms with Crippen LogP contribution in [0.25, 0.3) is 0 Å². The maximum atomic E-state index is 11.9. The van der Waals surface area contributed by atoms with Crippen molar-refractivity contribution >= 4 is 11.6 Å². The zero-order valence-corrected chi connectivity index (χ0v) is 7.17. The van der Waals surface area contributed by atoms with Gasteiger partial charge in [0.15, 0.2) is 0 Å². The van der Waals surface area contributed by atoms with Crippen molar-refractivity contribution in [1.82, 2.24) is 15.0 Å². The molecule has 0 spiro atoms. The minimum absolute atomic E-state index is 0.348. The molecule has 0 N–H and O–H groups in total. The Hall–Kier alpha value is -0.710. The lowest BCUT2D eigenvalue weighted by molar-refractivity contribution is 0.119. The van der Waals surface area contributed by atoms with Gasteiger partial charge in [-0.1, -0.05) is 5.21 Å². The Morgan fingerprint density at radius 2 is 2.33 bits per heavy atom. The summed E-state index contributed by atoms with van der Waals surface area (Å²) in [6, 6.07) is 0. The van der Waals surface area contributed by atoms with Crippen molar-refractivity contribution in [1.29, 1.82) is 0 Å². The SMILES string of the molecule is CC(Cl)c1cnnn1CC(F)F. The molecule has 1 atom stereocenters. The second-order valence-electron chi connectivity index (χ2n) is 2.35. The minimum Gasteiger partial charge on any atom is -0.242 e. The van der Waals surface area contributed by atoms with Crippen molar-refractivity contribution in [3.05, 3.63) is 11.9 Å². The van der Waals surface area contributed by atoms with E-state index >= 15 is 0 Å². The van der Waals surface area contributed by atoms with Crippen molar-refractivity contribution in [3.63, 3.8) is 0 Å². The summed E-state index contributed by atoms with van der Waals surface area (Å²) in [6.07, 6.45) is -1.04. The summed E-state index contributed by atoms with van der Waals surface area (Å²) in [5, 5.41) is 6.62. The van der Waals surface area contributed by atoms with Gasteiger partial charge in [0, 0.05) is 0 Å². The van der Waals surface area contributed by atoms with Crippen molar-refractivity contribution in [2.45, 2.75) is 25.3 Å². The van der Waals surface area contributed by atoms with Crippen LogP contribution in [0.4, 0.5) is 8.78 Å². The summed E-state index contributed by atoms with van der Waals surface area (Å²) in [4.78, 5) is 0. The second-order valence-corrected chi connectivity index (χ2v) is 3.00. The van der Waals surface area contributed by atoms with E-state index in [2.05, 4.69) is 10.3 Å². The molecule has 0 aromatic carbocycles. The van der Waals surface area contributed by atoms with Crippen LogP contribution in [0.1, 0.15) is 18.0 Å². The Balaban J connectivity index is 2.77. The normalized spacial score (nSPS) is 13.8. The van der Waals surface area contributed by atoms with Gasteiger partial charge in [0.25, 0.3) is 6.43 Å². The maximum Gasteiger partial charge on any atom is 0.257 e. The fourth-order valence-electron chi connectivity index (χ4n) is 0.846. The highest BCUT2D eigenvalue weighted by Gasteiger charge is 2.12. The van der Waals surface area contributed by atoms with Gasteiger partial charge in [0.2, 0.25) is 0 Å². The third kappa shape index (κ3) is 2.14. The van der Waals surface area contributed by atoms with Crippen molar-refractivity contribution in [2.24, 2.45) is 0 Å². The molecule has 68 valence electrons. The molecule has 0 saturated carbocycles. The van der Waals surface area contributed by atoms with Gasteiger partial charge >= 0.3 is 0 Å². The predicted octanol–water partition coefficient (Wildman–Crippen LogP) is 1.84. The largest absolute Gasteiger partial charge is 0.257 e. The van der Waals surface area contributed by atoms with Crippen LogP contribution in [-0.4, -0.2) is 21.4 Å². The van der Waals surface area contributed by atoms with Crippen LogP contribution >= 0.6 is 11.6 Å². The monoisotopic (exact) mass is 195 g/mol. The van der Waals surface area contributed by atoms with Gasteiger partial charge in [-0.05, 0) is 6.92 Å². The molecule has 0 amide bonds. The lowest BCUT2D eigenvalue weighted by Gasteiger charge is -2.05. The molecular weight excluding hydrogens is 188 g/mol. The number of hydrogen-bond donors (Lipinski definition) is 0. The van der Waals surface area contributed by atoms with E-state index < -0.39 is 13.0 Å². The van der Waals surface area contributed by atoms with E-state index in [4.69, 9.17) is 11.6 Å². The van der Waals surface area contributed by atoms with Crippen molar-refractivity contribution in [2.75, 3.05) is 0 Å². The Morgan fingerprint density at radius 1 is 1.67 bits per heavy atom. The standard InChI is InChI=1S/C6H8ClF2N3/c1-4(7)5-2-10-11-12(5)3-6(8)9/h2,4,6H,3H2,1H3. The number of nitrogens with zero attached hydrogens (tertiary/aromatic N) is 3. The van der Waals surface area contributed by atoms with Gasteiger partial charge < -0.3 is 0 Å². The van der Waals surface area contributed by atoms with Crippen LogP contribution in [0, 0.1) is 0 Å². The van der Waals surface area contributed by atoms with Crippen molar-refractivity contribution < 1.29 is 8.78 Å². The smallest absolute Gasteiger partial charge is 0.242 e. The third-order valence-electron chi connectivity index (χ3n) is 1.37. The van der Waals surface area contributed by atoms with Gasteiger partial charge in [0.1, 0.15) is 6.54 Å². The average Bonchev–Trinajstić information content (AvgIpc) is 2.33. The highest BCUT2D eigenvalue weighted by atomic mass is 35.5. The van der Waals surface area contributed by atoms with Gasteiger partial charge in [-0.2, -0.15) is 0 Å². The quantitative estimate of drug-likeness (QED) is 0.689. The molecule has 0 aliphatic rings. The van der Waals surface area contributed by atoms with Crippen LogP contribution in [-0.2, 0) is 6.54 Å². The molecule has 6 heteroatoms. The van der Waals surface area contributed by atoms with Gasteiger partial charge in [0.05, 0.1) is 17.3 Å². The molecule has 1 aromatic rings. The lowest BCUT2D eigenvalue weighted by atomic mass is 10.3. The van der Waals surface area contributed by atoms with Gasteiger partial charge in [-0.3, -0.25) is 0 Å². The first kappa shape index (κ1) is 9.38. The van der Waals surface area contributed by atoms with E-state index in [9.17, 15) is 8.78 Å². The first-order valence-electron chi connectivity index (χ1n) is 3.42. The topological polar surface area (TPSA) is 30.7 Å². The number of rotatable bonds is 3. The minimum atomic E-state index is -2.43. The van der Waals surface area contributed by atoms with Crippen LogP contribution in [0.5, 0.6) is 0 Å². The van der Waals surface area contributed by atoms with Crippen LogP contribution in [0.2, 0.25) is 0 Å². The number of aromatic nitrogens is 3. The van der Waals surface area contributed by atoms with E-state index in [1.807, 2.05) is 0 Å². The van der Waals surface area contributed by atoms with E-state index in [0.717, 1.165) is 4.68 Å². The lowest BCUT2D eigenvalue weighted by Crippen LogP contribution is -2.11. The number of halogens is 3. The van der Waals surface area contributed by atoms with E-state index in [-0.39, 0.29) is 5.38 Å². The molecular formula is C6H8ClF2N3. The fourth-order valence-corrected chi connectivity index (χ4v) is 1.02. The van der Waals surface area contributed by atoms with Crippen LogP contribution in [0.15, 0.2) is 6.20 Å². The number of alkyl halides is 3. The van der Waals surface area contributed by atoms with E-state index in [1.165, 1.54) is 6.20 Å². The highest BCUT2D eigenvalue weighted by Crippen LogP contribution is 2.17. The average molecular weight is 196 g/mol. The fraction of sp³-hybridized carbons (Fsp3) is 0.667. The highest BCUT2D eigenvalue weighted by molar-refractivity contribution is 6.20. The van der Waals surface area contributed by atoms with Gasteiger partial charge in [-0.25, -0.2) is 13.5 Å². The first-order valence-corrected chi connectivity index (χ1v) is 3.85. The molecule has 3 nitrogen and oxygen atoms in total. The summed E-state index contributed by atoms with van der Waals surface area (Å²) < 4.78 is 24.9. The summed E-state index contributed by atoms with van der Waals surface area (Å²) in [6.45, 7) is 1.23. The molecule has 0 radical (unpaired) electrons. The molecule has 1 rings (SSSR count). The molecule has 12 heavy (non-hydrogen) atoms. The molecule has 0 bridgehead atoms. The third-order valence-corrected chi connectivity index (χ3v) is 1.59. The molecule has 0 saturated heterocycles. The number of hydrogen-bond acceptors (Lipinski definition) is 2. The molecule has 0 aliphatic carbocycles. The van der Waals surface area contributed by atoms with Crippen LogP contribution < -0.4 is 0 Å². The predicted molar refractivity (Wildman–Crippen MR) is 40.3 cm³/mol. The second kappa shape index (κ2) is 3.80. The molecule has 1 heterocycles. The Labute approximate surface area is 73.3 Å². The van der Waals surface area contributed by atoms with E-state index in [0.29, 0.717) is 5.69 Å². The Morgan fingerprint density at radius 3 is 2.83 bits per heavy atom. The molecule has 0 fully saturated rings. The Bertz CT molecular complexity index is 249. The maximum absolute atomic E-state index is 11.9. The van der Waals surface area contributed by atoms with E-state index in [1.54, 1.807) is 6.92 Å².